The summed E-state index contributed by atoms with van der Waals surface area (Å²) in [4.78, 5) is 17.0. The number of hydrogen-bond donors (Lipinski definition) is 1. The van der Waals surface area contributed by atoms with Crippen molar-refractivity contribution in [2.24, 2.45) is 0 Å². The molecule has 0 unspecified atom stereocenters. The largest absolute Gasteiger partial charge is 0.462 e. The lowest BCUT2D eigenvalue weighted by Crippen LogP contribution is -2.49. The van der Waals surface area contributed by atoms with Crippen LogP contribution in [0.2, 0.25) is 0 Å². The lowest BCUT2D eigenvalue weighted by molar-refractivity contribution is 0.0521. The molecule has 1 N–H and O–H groups in total. The van der Waals surface area contributed by atoms with Crippen LogP contribution < -0.4 is 4.90 Å². The minimum Gasteiger partial charge on any atom is -0.462 e. The number of para-hydroxylation sites is 1. The van der Waals surface area contributed by atoms with Crippen LogP contribution in [0.4, 0.5) is 10.1 Å². The lowest BCUT2D eigenvalue weighted by Gasteiger charge is -2.35. The number of anilines is 1. The smallest absolute Gasteiger partial charge is 0.341 e. The van der Waals surface area contributed by atoms with Gasteiger partial charge in [-0.1, -0.05) is 12.1 Å². The normalized spacial score (nSPS) is 15.6. The maximum Gasteiger partial charge on any atom is 0.341 e. The van der Waals surface area contributed by atoms with Gasteiger partial charge in [-0.05, 0) is 32.9 Å². The van der Waals surface area contributed by atoms with Gasteiger partial charge in [0, 0.05) is 37.6 Å². The Bertz CT molecular complexity index is 979. The first kappa shape index (κ1) is 20.3. The minimum atomic E-state index is -3.90. The predicted octanol–water partition coefficient (Wildman–Crippen LogP) is 2.46. The van der Waals surface area contributed by atoms with Crippen LogP contribution in [0.5, 0.6) is 0 Å². The number of hydrogen-bond acceptors (Lipinski definition) is 5. The third-order valence-corrected chi connectivity index (χ3v) is 6.90. The Balaban J connectivity index is 1.86. The molecule has 0 saturated carbocycles. The van der Waals surface area contributed by atoms with Gasteiger partial charge >= 0.3 is 5.97 Å². The molecule has 2 aromatic rings. The highest BCUT2D eigenvalue weighted by atomic mass is 32.2. The summed E-state index contributed by atoms with van der Waals surface area (Å²) in [6.07, 6.45) is 0. The first-order valence-electron chi connectivity index (χ1n) is 9.13. The van der Waals surface area contributed by atoms with Gasteiger partial charge in [-0.25, -0.2) is 17.6 Å². The molecule has 9 heteroatoms. The number of piperazine rings is 1. The summed E-state index contributed by atoms with van der Waals surface area (Å²) in [5.41, 5.74) is 1.37. The summed E-state index contributed by atoms with van der Waals surface area (Å²) in [6, 6.07) is 6.43. The standard InChI is InChI=1S/C19H24FN3O4S/c1-4-27-19(24)17-13(2)21-14(3)18(17)28(25,26)23-11-9-22(10-12-23)16-8-6-5-7-15(16)20/h5-8,21H,4,9-12H2,1-3H3. The Kier molecular flexibility index (Phi) is 5.76. The minimum absolute atomic E-state index is 0.0391. The van der Waals surface area contributed by atoms with Gasteiger partial charge in [-0.2, -0.15) is 4.31 Å². The second-order valence-electron chi connectivity index (χ2n) is 6.64. The number of nitrogens with zero attached hydrogens (tertiary/aromatic N) is 2. The number of nitrogens with one attached hydrogen (secondary N) is 1. The van der Waals surface area contributed by atoms with E-state index in [0.717, 1.165) is 0 Å². The highest BCUT2D eigenvalue weighted by Crippen LogP contribution is 2.29. The monoisotopic (exact) mass is 409 g/mol. The number of sulfonamides is 1. The van der Waals surface area contributed by atoms with Crippen molar-refractivity contribution in [3.8, 4) is 0 Å². The molecule has 2 heterocycles. The molecule has 1 aromatic heterocycles. The summed E-state index contributed by atoms with van der Waals surface area (Å²) in [5, 5.41) is 0. The van der Waals surface area contributed by atoms with Crippen LogP contribution in [-0.4, -0.2) is 56.5 Å². The Morgan fingerprint density at radius 2 is 1.79 bits per heavy atom. The molecule has 28 heavy (non-hydrogen) atoms. The number of aromatic nitrogens is 1. The molecule has 1 aromatic carbocycles. The Morgan fingerprint density at radius 3 is 2.39 bits per heavy atom. The van der Waals surface area contributed by atoms with Crippen molar-refractivity contribution < 1.29 is 22.3 Å². The predicted molar refractivity (Wildman–Crippen MR) is 104 cm³/mol. The summed E-state index contributed by atoms with van der Waals surface area (Å²) < 4.78 is 46.9. The number of aryl methyl sites for hydroxylation is 2. The molecule has 1 fully saturated rings. The number of carbonyl (C=O) groups is 1. The quantitative estimate of drug-likeness (QED) is 0.767. The van der Waals surface area contributed by atoms with Gasteiger partial charge < -0.3 is 14.6 Å². The van der Waals surface area contributed by atoms with Gasteiger partial charge in [0.25, 0.3) is 0 Å². The number of aromatic amines is 1. The van der Waals surface area contributed by atoms with Gasteiger partial charge in [0.2, 0.25) is 10.0 Å². The summed E-state index contributed by atoms with van der Waals surface area (Å²) >= 11 is 0. The molecular weight excluding hydrogens is 385 g/mol. The van der Waals surface area contributed by atoms with Gasteiger partial charge in [-0.15, -0.1) is 0 Å². The van der Waals surface area contributed by atoms with Crippen LogP contribution in [0, 0.1) is 19.7 Å². The third kappa shape index (κ3) is 3.64. The van der Waals surface area contributed by atoms with E-state index in [0.29, 0.717) is 30.2 Å². The number of rotatable bonds is 5. The third-order valence-electron chi connectivity index (χ3n) is 4.83. The molecule has 1 saturated heterocycles. The van der Waals surface area contributed by atoms with Crippen LogP contribution >= 0.6 is 0 Å². The molecule has 0 aliphatic carbocycles. The van der Waals surface area contributed by atoms with E-state index in [-0.39, 0.29) is 36.0 Å². The molecule has 7 nitrogen and oxygen atoms in total. The first-order chi connectivity index (χ1) is 13.3. The number of esters is 1. The van der Waals surface area contributed by atoms with Crippen molar-refractivity contribution in [3.05, 3.63) is 47.0 Å². The fraction of sp³-hybridized carbons (Fsp3) is 0.421. The molecular formula is C19H24FN3O4S. The Labute approximate surface area is 164 Å². The second kappa shape index (κ2) is 7.92. The van der Waals surface area contributed by atoms with E-state index in [9.17, 15) is 17.6 Å². The van der Waals surface area contributed by atoms with E-state index in [2.05, 4.69) is 4.98 Å². The molecule has 0 atom stereocenters. The lowest BCUT2D eigenvalue weighted by atomic mass is 10.2. The average Bonchev–Trinajstić information content (AvgIpc) is 2.97. The van der Waals surface area contributed by atoms with Crippen molar-refractivity contribution in [2.75, 3.05) is 37.7 Å². The highest BCUT2D eigenvalue weighted by Gasteiger charge is 2.36. The van der Waals surface area contributed by atoms with Gasteiger partial charge in [-0.3, -0.25) is 0 Å². The zero-order valence-electron chi connectivity index (χ0n) is 16.2. The zero-order chi connectivity index (χ0) is 20.5. The summed E-state index contributed by atoms with van der Waals surface area (Å²) in [5.74, 6) is -0.992. The molecule has 1 aliphatic rings. The van der Waals surface area contributed by atoms with Gasteiger partial charge in [0.05, 0.1) is 12.3 Å². The Hall–Kier alpha value is -2.39. The molecule has 3 rings (SSSR count). The zero-order valence-corrected chi connectivity index (χ0v) is 17.0. The van der Waals surface area contributed by atoms with E-state index in [1.807, 2.05) is 4.90 Å². The molecule has 152 valence electrons. The van der Waals surface area contributed by atoms with E-state index >= 15 is 0 Å². The van der Waals surface area contributed by atoms with E-state index in [1.165, 1.54) is 10.4 Å². The average molecular weight is 409 g/mol. The van der Waals surface area contributed by atoms with Gasteiger partial charge in [0.15, 0.2) is 0 Å². The number of H-pyrrole nitrogens is 1. The number of benzene rings is 1. The Morgan fingerprint density at radius 1 is 1.14 bits per heavy atom. The fourth-order valence-electron chi connectivity index (χ4n) is 3.54. The van der Waals surface area contributed by atoms with E-state index in [4.69, 9.17) is 4.74 Å². The van der Waals surface area contributed by atoms with Crippen LogP contribution in [0.1, 0.15) is 28.7 Å². The highest BCUT2D eigenvalue weighted by molar-refractivity contribution is 7.89. The molecule has 1 aliphatic heterocycles. The molecule has 0 amide bonds. The van der Waals surface area contributed by atoms with Crippen molar-refractivity contribution in [2.45, 2.75) is 25.7 Å². The van der Waals surface area contributed by atoms with E-state index < -0.39 is 16.0 Å². The maximum atomic E-state index is 14.0. The maximum absolute atomic E-state index is 14.0. The first-order valence-corrected chi connectivity index (χ1v) is 10.6. The van der Waals surface area contributed by atoms with E-state index in [1.54, 1.807) is 39.0 Å². The van der Waals surface area contributed by atoms with Crippen molar-refractivity contribution in [1.29, 1.82) is 0 Å². The van der Waals surface area contributed by atoms with Crippen LogP contribution in [0.15, 0.2) is 29.2 Å². The van der Waals surface area contributed by atoms with Crippen LogP contribution in [-0.2, 0) is 14.8 Å². The SMILES string of the molecule is CCOC(=O)c1c(C)[nH]c(C)c1S(=O)(=O)N1CCN(c2ccccc2F)CC1. The fourth-order valence-corrected chi connectivity index (χ4v) is 5.37. The molecule has 0 radical (unpaired) electrons. The molecule has 0 bridgehead atoms. The van der Waals surface area contributed by atoms with Crippen molar-refractivity contribution in [1.82, 2.24) is 9.29 Å². The van der Waals surface area contributed by atoms with Crippen LogP contribution in [0.25, 0.3) is 0 Å². The number of halogens is 1. The second-order valence-corrected chi connectivity index (χ2v) is 8.52. The topological polar surface area (TPSA) is 82.7 Å². The summed E-state index contributed by atoms with van der Waals surface area (Å²) in [7, 11) is -3.90. The van der Waals surface area contributed by atoms with Crippen molar-refractivity contribution >= 4 is 21.7 Å². The van der Waals surface area contributed by atoms with Crippen LogP contribution in [0.3, 0.4) is 0 Å². The van der Waals surface area contributed by atoms with Crippen molar-refractivity contribution in [3.63, 3.8) is 0 Å². The number of ether oxygens (including phenoxy) is 1. The number of carbonyl (C=O) groups excluding carboxylic acids is 1. The van der Waals surface area contributed by atoms with Gasteiger partial charge in [0.1, 0.15) is 16.3 Å². The molecule has 0 spiro atoms. The summed E-state index contributed by atoms with van der Waals surface area (Å²) in [6.45, 7) is 6.21.